The van der Waals surface area contributed by atoms with Gasteiger partial charge in [0.15, 0.2) is 0 Å². The summed E-state index contributed by atoms with van der Waals surface area (Å²) in [5.74, 6) is 2.05. The Kier molecular flexibility index (Phi) is 5.13. The van der Waals surface area contributed by atoms with Gasteiger partial charge in [0.1, 0.15) is 5.82 Å². The van der Waals surface area contributed by atoms with Gasteiger partial charge in [-0.2, -0.15) is 4.98 Å². The molecular weight excluding hydrogens is 274 g/mol. The molecule has 2 fully saturated rings. The number of piperazine rings is 1. The third-order valence-corrected chi connectivity index (χ3v) is 4.86. The average Bonchev–Trinajstić information content (AvgIpc) is 2.84. The predicted octanol–water partition coefficient (Wildman–Crippen LogP) is 2.31. The van der Waals surface area contributed by atoms with Gasteiger partial charge in [0, 0.05) is 51.0 Å². The van der Waals surface area contributed by atoms with Crippen molar-refractivity contribution in [1.82, 2.24) is 14.9 Å². The van der Waals surface area contributed by atoms with Gasteiger partial charge in [0.05, 0.1) is 0 Å². The summed E-state index contributed by atoms with van der Waals surface area (Å²) in [6, 6.07) is 2.14. The fourth-order valence-corrected chi connectivity index (χ4v) is 3.40. The van der Waals surface area contributed by atoms with E-state index in [1.165, 1.54) is 25.7 Å². The van der Waals surface area contributed by atoms with Crippen molar-refractivity contribution in [2.24, 2.45) is 0 Å². The number of aromatic nitrogens is 2. The van der Waals surface area contributed by atoms with Crippen LogP contribution in [-0.2, 0) is 0 Å². The van der Waals surface area contributed by atoms with Crippen molar-refractivity contribution in [2.75, 3.05) is 55.6 Å². The molecule has 0 unspecified atom stereocenters. The second-order valence-corrected chi connectivity index (χ2v) is 6.49. The molecule has 0 N–H and O–H groups in total. The predicted molar refractivity (Wildman–Crippen MR) is 91.8 cm³/mol. The van der Waals surface area contributed by atoms with E-state index in [4.69, 9.17) is 9.97 Å². The Balaban J connectivity index is 1.75. The zero-order valence-corrected chi connectivity index (χ0v) is 14.1. The van der Waals surface area contributed by atoms with Gasteiger partial charge in [0.2, 0.25) is 5.95 Å². The fourth-order valence-electron chi connectivity index (χ4n) is 3.40. The SMILES string of the molecule is CCN1CCN(c2cc(C)nc(N3CCCCCC3)n2)CC1. The number of nitrogens with zero attached hydrogens (tertiary/aromatic N) is 5. The number of likely N-dealkylation sites (N-methyl/N-ethyl adjacent to an activating group) is 1. The van der Waals surface area contributed by atoms with Crippen LogP contribution < -0.4 is 9.80 Å². The van der Waals surface area contributed by atoms with Crippen molar-refractivity contribution in [1.29, 1.82) is 0 Å². The summed E-state index contributed by atoms with van der Waals surface area (Å²) in [4.78, 5) is 16.9. The first-order valence-corrected chi connectivity index (χ1v) is 8.84. The van der Waals surface area contributed by atoms with Crippen LogP contribution in [0.3, 0.4) is 0 Å². The van der Waals surface area contributed by atoms with Crippen LogP contribution >= 0.6 is 0 Å². The van der Waals surface area contributed by atoms with Gasteiger partial charge in [-0.3, -0.25) is 0 Å². The van der Waals surface area contributed by atoms with Crippen molar-refractivity contribution in [3.05, 3.63) is 11.8 Å². The van der Waals surface area contributed by atoms with E-state index in [-0.39, 0.29) is 0 Å². The highest BCUT2D eigenvalue weighted by atomic mass is 15.3. The fraction of sp³-hybridized carbons (Fsp3) is 0.765. The summed E-state index contributed by atoms with van der Waals surface area (Å²) in [5.41, 5.74) is 1.09. The largest absolute Gasteiger partial charge is 0.354 e. The minimum atomic E-state index is 0.940. The Morgan fingerprint density at radius 3 is 2.18 bits per heavy atom. The molecule has 5 heteroatoms. The molecule has 0 saturated carbocycles. The summed E-state index contributed by atoms with van der Waals surface area (Å²) in [6.07, 6.45) is 5.21. The first-order valence-electron chi connectivity index (χ1n) is 8.84. The number of rotatable bonds is 3. The Morgan fingerprint density at radius 1 is 0.864 bits per heavy atom. The normalized spacial score (nSPS) is 21.0. The van der Waals surface area contributed by atoms with Gasteiger partial charge in [-0.1, -0.05) is 19.8 Å². The maximum atomic E-state index is 4.90. The molecule has 122 valence electrons. The molecular formula is C17H29N5. The third kappa shape index (κ3) is 3.69. The molecule has 0 spiro atoms. The molecule has 1 aromatic rings. The number of hydrogen-bond acceptors (Lipinski definition) is 5. The maximum Gasteiger partial charge on any atom is 0.227 e. The van der Waals surface area contributed by atoms with Crippen LogP contribution in [0.2, 0.25) is 0 Å². The van der Waals surface area contributed by atoms with Crippen molar-refractivity contribution in [3.8, 4) is 0 Å². The monoisotopic (exact) mass is 303 g/mol. The Hall–Kier alpha value is -1.36. The smallest absolute Gasteiger partial charge is 0.227 e. The van der Waals surface area contributed by atoms with Gasteiger partial charge in [-0.25, -0.2) is 4.98 Å². The van der Waals surface area contributed by atoms with Gasteiger partial charge < -0.3 is 14.7 Å². The van der Waals surface area contributed by atoms with E-state index < -0.39 is 0 Å². The zero-order chi connectivity index (χ0) is 15.4. The standard InChI is InChI=1S/C17H29N5/c1-3-20-10-12-21(13-11-20)16-14-15(2)18-17(19-16)22-8-6-4-5-7-9-22/h14H,3-13H2,1-2H3. The van der Waals surface area contributed by atoms with E-state index in [1.54, 1.807) is 0 Å². The topological polar surface area (TPSA) is 35.5 Å². The lowest BCUT2D eigenvalue weighted by Crippen LogP contribution is -2.46. The molecule has 0 radical (unpaired) electrons. The average molecular weight is 303 g/mol. The highest BCUT2D eigenvalue weighted by Crippen LogP contribution is 2.21. The molecule has 2 saturated heterocycles. The second kappa shape index (κ2) is 7.27. The van der Waals surface area contributed by atoms with Gasteiger partial charge in [-0.05, 0) is 26.3 Å². The van der Waals surface area contributed by atoms with Crippen LogP contribution in [0, 0.1) is 6.92 Å². The molecule has 5 nitrogen and oxygen atoms in total. The summed E-state index contributed by atoms with van der Waals surface area (Å²) >= 11 is 0. The minimum absolute atomic E-state index is 0.940. The van der Waals surface area contributed by atoms with Gasteiger partial charge >= 0.3 is 0 Å². The maximum absolute atomic E-state index is 4.90. The first kappa shape index (κ1) is 15.5. The lowest BCUT2D eigenvalue weighted by molar-refractivity contribution is 0.270. The molecule has 0 amide bonds. The van der Waals surface area contributed by atoms with Crippen molar-refractivity contribution in [3.63, 3.8) is 0 Å². The first-order chi connectivity index (χ1) is 10.8. The second-order valence-electron chi connectivity index (χ2n) is 6.49. The van der Waals surface area contributed by atoms with E-state index in [9.17, 15) is 0 Å². The van der Waals surface area contributed by atoms with Gasteiger partial charge in [0.25, 0.3) is 0 Å². The zero-order valence-electron chi connectivity index (χ0n) is 14.1. The van der Waals surface area contributed by atoms with Crippen LogP contribution in [0.25, 0.3) is 0 Å². The van der Waals surface area contributed by atoms with E-state index in [0.717, 1.165) is 63.3 Å². The highest BCUT2D eigenvalue weighted by molar-refractivity contribution is 5.46. The summed E-state index contributed by atoms with van der Waals surface area (Å²) < 4.78 is 0. The summed E-state index contributed by atoms with van der Waals surface area (Å²) in [7, 11) is 0. The molecule has 1 aromatic heterocycles. The van der Waals surface area contributed by atoms with Crippen molar-refractivity contribution >= 4 is 11.8 Å². The van der Waals surface area contributed by atoms with Crippen LogP contribution in [0.4, 0.5) is 11.8 Å². The van der Waals surface area contributed by atoms with Crippen LogP contribution in [0.5, 0.6) is 0 Å². The molecule has 3 heterocycles. The molecule has 0 aliphatic carbocycles. The number of hydrogen-bond donors (Lipinski definition) is 0. The lowest BCUT2D eigenvalue weighted by atomic mass is 10.2. The molecule has 2 aliphatic heterocycles. The number of anilines is 2. The van der Waals surface area contributed by atoms with Crippen molar-refractivity contribution < 1.29 is 0 Å². The van der Waals surface area contributed by atoms with Crippen molar-refractivity contribution in [2.45, 2.75) is 39.5 Å². The van der Waals surface area contributed by atoms with Crippen LogP contribution in [0.1, 0.15) is 38.3 Å². The minimum Gasteiger partial charge on any atom is -0.354 e. The van der Waals surface area contributed by atoms with Crippen LogP contribution in [-0.4, -0.2) is 60.7 Å². The molecule has 22 heavy (non-hydrogen) atoms. The quantitative estimate of drug-likeness (QED) is 0.856. The molecule has 0 aromatic carbocycles. The molecule has 0 atom stereocenters. The molecule has 3 rings (SSSR count). The van der Waals surface area contributed by atoms with E-state index in [2.05, 4.69) is 34.6 Å². The Bertz CT molecular complexity index is 474. The van der Waals surface area contributed by atoms with E-state index >= 15 is 0 Å². The molecule has 0 bridgehead atoms. The molecule has 2 aliphatic rings. The summed E-state index contributed by atoms with van der Waals surface area (Å²) in [6.45, 7) is 12.1. The van der Waals surface area contributed by atoms with Gasteiger partial charge in [-0.15, -0.1) is 0 Å². The third-order valence-electron chi connectivity index (χ3n) is 4.86. The van der Waals surface area contributed by atoms with Crippen LogP contribution in [0.15, 0.2) is 6.07 Å². The Labute approximate surface area is 134 Å². The van der Waals surface area contributed by atoms with E-state index in [1.807, 2.05) is 0 Å². The Morgan fingerprint density at radius 2 is 1.55 bits per heavy atom. The summed E-state index contributed by atoms with van der Waals surface area (Å²) in [5, 5.41) is 0. The highest BCUT2D eigenvalue weighted by Gasteiger charge is 2.19. The lowest BCUT2D eigenvalue weighted by Gasteiger charge is -2.35. The van der Waals surface area contributed by atoms with E-state index in [0.29, 0.717) is 0 Å². The number of aryl methyl sites for hydroxylation is 1.